The predicted molar refractivity (Wildman–Crippen MR) is 127 cm³/mol. The number of hydrogen-bond donors (Lipinski definition) is 1. The van der Waals surface area contributed by atoms with Gasteiger partial charge in [0, 0.05) is 49.5 Å². The third-order valence-corrected chi connectivity index (χ3v) is 6.58. The standard InChI is InChI=1S/C26H33N3O4/c1-4-18(16-28-10-12-33-13-11-28)27-24(31)23-20-14-26(2,3)15-22(30)21(20)17-29(25(23)32)19-8-6-5-7-9-19/h5-9,17-18H,4,10-16H2,1-3H3,(H,27,31)/t18-/m0/s1. The lowest BCUT2D eigenvalue weighted by atomic mass is 9.73. The lowest BCUT2D eigenvalue weighted by Gasteiger charge is -2.32. The maximum Gasteiger partial charge on any atom is 0.268 e. The van der Waals surface area contributed by atoms with E-state index in [-0.39, 0.29) is 28.4 Å². The number of ketones is 1. The first-order chi connectivity index (χ1) is 15.8. The Kier molecular flexibility index (Phi) is 6.81. The molecule has 4 rings (SSSR count). The van der Waals surface area contributed by atoms with Gasteiger partial charge in [0.05, 0.1) is 13.2 Å². The van der Waals surface area contributed by atoms with E-state index in [9.17, 15) is 14.4 Å². The molecule has 1 saturated heterocycles. The van der Waals surface area contributed by atoms with Crippen LogP contribution < -0.4 is 10.9 Å². The summed E-state index contributed by atoms with van der Waals surface area (Å²) in [4.78, 5) is 42.5. The van der Waals surface area contributed by atoms with Crippen LogP contribution in [0, 0.1) is 5.41 Å². The van der Waals surface area contributed by atoms with E-state index >= 15 is 0 Å². The number of amides is 1. The highest BCUT2D eigenvalue weighted by molar-refractivity contribution is 6.04. The van der Waals surface area contributed by atoms with Crippen molar-refractivity contribution in [2.45, 2.75) is 46.1 Å². The molecule has 1 aromatic heterocycles. The van der Waals surface area contributed by atoms with Crippen LogP contribution in [0.1, 0.15) is 59.9 Å². The molecular formula is C26H33N3O4. The van der Waals surface area contributed by atoms with Gasteiger partial charge < -0.3 is 10.1 Å². The highest BCUT2D eigenvalue weighted by Crippen LogP contribution is 2.35. The number of benzene rings is 1. The Morgan fingerprint density at radius 3 is 2.48 bits per heavy atom. The Morgan fingerprint density at radius 2 is 1.82 bits per heavy atom. The van der Waals surface area contributed by atoms with E-state index in [0.29, 0.717) is 49.4 Å². The molecule has 7 nitrogen and oxygen atoms in total. The number of fused-ring (bicyclic) bond motifs is 1. The minimum Gasteiger partial charge on any atom is -0.379 e. The maximum absolute atomic E-state index is 13.6. The van der Waals surface area contributed by atoms with Crippen LogP contribution in [-0.4, -0.2) is 60.0 Å². The zero-order valence-corrected chi connectivity index (χ0v) is 19.7. The Hall–Kier alpha value is -2.77. The number of pyridine rings is 1. The number of carbonyl (C=O) groups is 2. The van der Waals surface area contributed by atoms with Crippen LogP contribution in [0.3, 0.4) is 0 Å². The summed E-state index contributed by atoms with van der Waals surface area (Å²) in [5.74, 6) is -0.424. The van der Waals surface area contributed by atoms with Crippen molar-refractivity contribution >= 4 is 11.7 Å². The number of ether oxygens (including phenoxy) is 1. The summed E-state index contributed by atoms with van der Waals surface area (Å²) in [6.45, 7) is 9.79. The monoisotopic (exact) mass is 451 g/mol. The van der Waals surface area contributed by atoms with E-state index < -0.39 is 5.91 Å². The molecular weight excluding hydrogens is 418 g/mol. The fourth-order valence-electron chi connectivity index (χ4n) is 4.79. The van der Waals surface area contributed by atoms with Gasteiger partial charge in [-0.15, -0.1) is 0 Å². The fourth-order valence-corrected chi connectivity index (χ4v) is 4.79. The van der Waals surface area contributed by atoms with Gasteiger partial charge in [-0.2, -0.15) is 0 Å². The third-order valence-electron chi connectivity index (χ3n) is 6.58. The Labute approximate surface area is 194 Å². The molecule has 176 valence electrons. The zero-order valence-electron chi connectivity index (χ0n) is 19.7. The van der Waals surface area contributed by atoms with Crippen molar-refractivity contribution in [1.29, 1.82) is 0 Å². The molecule has 2 aromatic rings. The number of Topliss-reactive ketones (excluding diaryl/α,β-unsaturated/α-hetero) is 1. The van der Waals surface area contributed by atoms with Gasteiger partial charge in [0.25, 0.3) is 11.5 Å². The molecule has 1 aliphatic heterocycles. The molecule has 0 unspecified atom stereocenters. The smallest absolute Gasteiger partial charge is 0.268 e. The molecule has 1 aromatic carbocycles. The van der Waals surface area contributed by atoms with Crippen LogP contribution in [0.4, 0.5) is 0 Å². The lowest BCUT2D eigenvalue weighted by molar-refractivity contribution is 0.0331. The second-order valence-electron chi connectivity index (χ2n) is 9.84. The molecule has 2 heterocycles. The average molecular weight is 452 g/mol. The summed E-state index contributed by atoms with van der Waals surface area (Å²) in [5, 5.41) is 3.10. The van der Waals surface area contributed by atoms with Crippen LogP contribution in [0.2, 0.25) is 0 Å². The topological polar surface area (TPSA) is 80.6 Å². The summed E-state index contributed by atoms with van der Waals surface area (Å²) >= 11 is 0. The van der Waals surface area contributed by atoms with Gasteiger partial charge >= 0.3 is 0 Å². The Morgan fingerprint density at radius 1 is 1.12 bits per heavy atom. The normalized spacial score (nSPS) is 19.1. The van der Waals surface area contributed by atoms with Crippen molar-refractivity contribution in [1.82, 2.24) is 14.8 Å². The van der Waals surface area contributed by atoms with E-state index in [1.165, 1.54) is 4.57 Å². The van der Waals surface area contributed by atoms with Crippen LogP contribution >= 0.6 is 0 Å². The van der Waals surface area contributed by atoms with E-state index in [1.54, 1.807) is 18.3 Å². The molecule has 2 aliphatic rings. The predicted octanol–water partition coefficient (Wildman–Crippen LogP) is 2.83. The van der Waals surface area contributed by atoms with Crippen LogP contribution in [0.15, 0.2) is 41.3 Å². The van der Waals surface area contributed by atoms with Gasteiger partial charge in [-0.05, 0) is 36.0 Å². The van der Waals surface area contributed by atoms with Crippen molar-refractivity contribution < 1.29 is 14.3 Å². The first-order valence-corrected chi connectivity index (χ1v) is 11.8. The summed E-state index contributed by atoms with van der Waals surface area (Å²) in [6.07, 6.45) is 3.27. The molecule has 0 radical (unpaired) electrons. The van der Waals surface area contributed by atoms with Crippen molar-refractivity contribution in [2.75, 3.05) is 32.8 Å². The number of nitrogens with one attached hydrogen (secondary N) is 1. The summed E-state index contributed by atoms with van der Waals surface area (Å²) in [5.41, 5.74) is 1.10. The van der Waals surface area contributed by atoms with Gasteiger partial charge in [0.2, 0.25) is 0 Å². The Balaban J connectivity index is 1.74. The third kappa shape index (κ3) is 5.09. The van der Waals surface area contributed by atoms with Gasteiger partial charge in [0.15, 0.2) is 5.78 Å². The van der Waals surface area contributed by atoms with Crippen LogP contribution in [0.25, 0.3) is 5.69 Å². The van der Waals surface area contributed by atoms with Crippen molar-refractivity contribution in [2.24, 2.45) is 5.41 Å². The summed E-state index contributed by atoms with van der Waals surface area (Å²) in [7, 11) is 0. The summed E-state index contributed by atoms with van der Waals surface area (Å²) in [6, 6.07) is 9.05. The molecule has 1 aliphatic carbocycles. The number of rotatable bonds is 6. The van der Waals surface area contributed by atoms with E-state index in [4.69, 9.17) is 4.74 Å². The average Bonchev–Trinajstić information content (AvgIpc) is 2.78. The summed E-state index contributed by atoms with van der Waals surface area (Å²) < 4.78 is 6.86. The molecule has 1 amide bonds. The quantitative estimate of drug-likeness (QED) is 0.731. The van der Waals surface area contributed by atoms with Crippen molar-refractivity contribution in [3.05, 3.63) is 63.6 Å². The number of carbonyl (C=O) groups excluding carboxylic acids is 2. The van der Waals surface area contributed by atoms with E-state index in [2.05, 4.69) is 10.2 Å². The van der Waals surface area contributed by atoms with Crippen molar-refractivity contribution in [3.63, 3.8) is 0 Å². The second kappa shape index (κ2) is 9.61. The minimum absolute atomic E-state index is 0.0275. The molecule has 1 fully saturated rings. The molecule has 1 atom stereocenters. The van der Waals surface area contributed by atoms with Gasteiger partial charge in [-0.25, -0.2) is 0 Å². The Bertz CT molecular complexity index is 1080. The largest absolute Gasteiger partial charge is 0.379 e. The molecule has 0 spiro atoms. The maximum atomic E-state index is 13.6. The number of hydrogen-bond acceptors (Lipinski definition) is 5. The minimum atomic E-state index is -0.396. The first-order valence-electron chi connectivity index (χ1n) is 11.8. The number of aromatic nitrogens is 1. The molecule has 7 heteroatoms. The number of para-hydroxylation sites is 1. The van der Waals surface area contributed by atoms with Gasteiger partial charge in [-0.1, -0.05) is 39.0 Å². The van der Waals surface area contributed by atoms with Gasteiger partial charge in [0.1, 0.15) is 5.56 Å². The van der Waals surface area contributed by atoms with Gasteiger partial charge in [-0.3, -0.25) is 23.9 Å². The second-order valence-corrected chi connectivity index (χ2v) is 9.84. The lowest BCUT2D eigenvalue weighted by Crippen LogP contribution is -2.48. The zero-order chi connectivity index (χ0) is 23.6. The number of nitrogens with zero attached hydrogens (tertiary/aromatic N) is 2. The molecule has 0 bridgehead atoms. The van der Waals surface area contributed by atoms with E-state index in [0.717, 1.165) is 19.5 Å². The van der Waals surface area contributed by atoms with Crippen LogP contribution in [-0.2, 0) is 11.2 Å². The molecule has 1 N–H and O–H groups in total. The SMILES string of the molecule is CC[C@@H](CN1CCOCC1)NC(=O)c1c2c(cn(-c3ccccc3)c1=O)C(=O)CC(C)(C)C2. The van der Waals surface area contributed by atoms with Crippen molar-refractivity contribution in [3.8, 4) is 5.69 Å². The highest BCUT2D eigenvalue weighted by Gasteiger charge is 2.36. The highest BCUT2D eigenvalue weighted by atomic mass is 16.5. The number of morpholine rings is 1. The van der Waals surface area contributed by atoms with Crippen LogP contribution in [0.5, 0.6) is 0 Å². The van der Waals surface area contributed by atoms with E-state index in [1.807, 2.05) is 39.0 Å². The molecule has 33 heavy (non-hydrogen) atoms. The first kappa shape index (κ1) is 23.4. The molecule has 0 saturated carbocycles. The fraction of sp³-hybridized carbons (Fsp3) is 0.500.